The monoisotopic (exact) mass is 872 g/mol. The molecule has 0 spiro atoms. The fraction of sp³-hybridized carbons (Fsp3) is 0.347. The molecule has 8 nitrogen and oxygen atoms in total. The fourth-order valence-electron chi connectivity index (χ4n) is 7.25. The van der Waals surface area contributed by atoms with Crippen molar-refractivity contribution < 1.29 is 45.3 Å². The molecule has 2 atom stereocenters. The number of rotatable bonds is 22. The molecular formula is C49H50F6N4O4. The van der Waals surface area contributed by atoms with Gasteiger partial charge in [-0.3, -0.25) is 0 Å². The van der Waals surface area contributed by atoms with Crippen LogP contribution >= 0.6 is 0 Å². The van der Waals surface area contributed by atoms with Crippen molar-refractivity contribution in [1.82, 2.24) is 19.9 Å². The summed E-state index contributed by atoms with van der Waals surface area (Å²) in [6.45, 7) is 5.45. The highest BCUT2D eigenvalue weighted by atomic mass is 19.4. The van der Waals surface area contributed by atoms with Gasteiger partial charge in [0.25, 0.3) is 0 Å². The Morgan fingerprint density at radius 3 is 1.19 bits per heavy atom. The molecule has 6 aromatic rings. The van der Waals surface area contributed by atoms with E-state index in [2.05, 4.69) is 43.3 Å². The minimum atomic E-state index is -4.87. The topological polar surface area (TPSA) is 88.5 Å². The molecule has 0 amide bonds. The van der Waals surface area contributed by atoms with Gasteiger partial charge in [0.15, 0.2) is 23.1 Å². The molecule has 2 heterocycles. The molecule has 0 aliphatic carbocycles. The highest BCUT2D eigenvalue weighted by Crippen LogP contribution is 2.40. The molecule has 332 valence electrons. The number of halogens is 6. The molecule has 6 rings (SSSR count). The lowest BCUT2D eigenvalue weighted by atomic mass is 9.75. The van der Waals surface area contributed by atoms with Crippen molar-refractivity contribution in [1.29, 1.82) is 0 Å². The Kier molecular flexibility index (Phi) is 16.4. The van der Waals surface area contributed by atoms with E-state index in [1.54, 1.807) is 49.1 Å². The Morgan fingerprint density at radius 2 is 0.778 bits per heavy atom. The lowest BCUT2D eigenvalue weighted by molar-refractivity contribution is -0.275. The zero-order valence-corrected chi connectivity index (χ0v) is 35.2. The third kappa shape index (κ3) is 14.7. The van der Waals surface area contributed by atoms with Gasteiger partial charge in [0.2, 0.25) is 0 Å². The van der Waals surface area contributed by atoms with Crippen LogP contribution in [0.2, 0.25) is 0 Å². The number of aromatic nitrogens is 4. The van der Waals surface area contributed by atoms with E-state index in [0.717, 1.165) is 78.3 Å². The van der Waals surface area contributed by atoms with Gasteiger partial charge >= 0.3 is 12.7 Å². The maximum absolute atomic E-state index is 13.2. The van der Waals surface area contributed by atoms with Crippen LogP contribution in [-0.2, 0) is 12.8 Å². The van der Waals surface area contributed by atoms with Crippen molar-refractivity contribution in [2.45, 2.75) is 96.2 Å². The van der Waals surface area contributed by atoms with E-state index < -0.39 is 12.7 Å². The second-order valence-electron chi connectivity index (χ2n) is 15.2. The molecule has 14 heteroatoms. The SMILES string of the molecule is CCCCCCOc1cnc(-c2ccc(C(Cc3ccc(OC(F)(F)F)cc3)C(Cc3ccc(-c4ncc(OCCCCC)cn4)cc3)c3ccc(OC(F)(F)F)cc3)cc2)nc1. The summed E-state index contributed by atoms with van der Waals surface area (Å²) in [4.78, 5) is 18.1. The number of benzene rings is 4. The zero-order chi connectivity index (χ0) is 44.7. The van der Waals surface area contributed by atoms with Gasteiger partial charge in [-0.15, -0.1) is 26.3 Å². The molecule has 2 unspecified atom stereocenters. The van der Waals surface area contributed by atoms with E-state index in [0.29, 0.717) is 49.2 Å². The molecule has 0 N–H and O–H groups in total. The summed E-state index contributed by atoms with van der Waals surface area (Å²) in [5.41, 5.74) is 4.78. The maximum Gasteiger partial charge on any atom is 0.573 e. The van der Waals surface area contributed by atoms with Gasteiger partial charge in [-0.05, 0) is 84.0 Å². The third-order valence-corrected chi connectivity index (χ3v) is 10.4. The van der Waals surface area contributed by atoms with Crippen LogP contribution in [0.5, 0.6) is 23.0 Å². The highest BCUT2D eigenvalue weighted by Gasteiger charge is 2.33. The number of alkyl halides is 6. The molecular weight excluding hydrogens is 823 g/mol. The molecule has 0 aliphatic rings. The summed E-state index contributed by atoms with van der Waals surface area (Å²) in [5, 5.41) is 0. The maximum atomic E-state index is 13.2. The Labute approximate surface area is 363 Å². The average Bonchev–Trinajstić information content (AvgIpc) is 3.27. The first-order valence-electron chi connectivity index (χ1n) is 21.2. The first kappa shape index (κ1) is 46.3. The zero-order valence-electron chi connectivity index (χ0n) is 35.2. The number of hydrogen-bond acceptors (Lipinski definition) is 8. The first-order chi connectivity index (χ1) is 30.4. The van der Waals surface area contributed by atoms with Crippen LogP contribution < -0.4 is 18.9 Å². The summed E-state index contributed by atoms with van der Waals surface area (Å²) in [6.07, 6.45) is 5.09. The Bertz CT molecular complexity index is 2260. The summed E-state index contributed by atoms with van der Waals surface area (Å²) >= 11 is 0. The number of nitrogens with zero attached hydrogens (tertiary/aromatic N) is 4. The van der Waals surface area contributed by atoms with E-state index in [-0.39, 0.29) is 23.3 Å². The molecule has 2 aromatic heterocycles. The summed E-state index contributed by atoms with van der Waals surface area (Å²) in [6, 6.07) is 26.9. The number of unbranched alkanes of at least 4 members (excludes halogenated alkanes) is 5. The molecule has 0 bridgehead atoms. The average molecular weight is 873 g/mol. The van der Waals surface area contributed by atoms with E-state index in [1.165, 1.54) is 24.3 Å². The van der Waals surface area contributed by atoms with Crippen molar-refractivity contribution in [3.05, 3.63) is 144 Å². The minimum absolute atomic E-state index is 0.333. The van der Waals surface area contributed by atoms with Crippen molar-refractivity contribution in [3.8, 4) is 45.8 Å². The van der Waals surface area contributed by atoms with E-state index in [1.807, 2.05) is 48.5 Å². The van der Waals surface area contributed by atoms with Crippen LogP contribution in [0.25, 0.3) is 22.8 Å². The van der Waals surface area contributed by atoms with E-state index >= 15 is 0 Å². The molecule has 0 saturated carbocycles. The lowest BCUT2D eigenvalue weighted by Gasteiger charge is -2.29. The summed E-state index contributed by atoms with van der Waals surface area (Å²) < 4.78 is 98.6. The van der Waals surface area contributed by atoms with Gasteiger partial charge in [-0.2, -0.15) is 0 Å². The normalized spacial score (nSPS) is 12.7. The fourth-order valence-corrected chi connectivity index (χ4v) is 7.25. The summed E-state index contributed by atoms with van der Waals surface area (Å²) in [5.74, 6) is 0.782. The number of hydrogen-bond donors (Lipinski definition) is 0. The molecule has 4 aromatic carbocycles. The van der Waals surface area contributed by atoms with Gasteiger partial charge < -0.3 is 18.9 Å². The second kappa shape index (κ2) is 22.3. The van der Waals surface area contributed by atoms with Crippen LogP contribution in [0.4, 0.5) is 26.3 Å². The van der Waals surface area contributed by atoms with E-state index in [9.17, 15) is 26.3 Å². The highest BCUT2D eigenvalue weighted by molar-refractivity contribution is 5.57. The quantitative estimate of drug-likeness (QED) is 0.0492. The van der Waals surface area contributed by atoms with Gasteiger partial charge in [0, 0.05) is 11.1 Å². The predicted molar refractivity (Wildman–Crippen MR) is 229 cm³/mol. The third-order valence-electron chi connectivity index (χ3n) is 10.4. The van der Waals surface area contributed by atoms with Gasteiger partial charge in [0.05, 0.1) is 38.0 Å². The molecule has 0 radical (unpaired) electrons. The van der Waals surface area contributed by atoms with Crippen molar-refractivity contribution >= 4 is 0 Å². The summed E-state index contributed by atoms with van der Waals surface area (Å²) in [7, 11) is 0. The largest absolute Gasteiger partial charge is 0.573 e. The van der Waals surface area contributed by atoms with Crippen LogP contribution in [0, 0.1) is 0 Å². The molecule has 0 fully saturated rings. The van der Waals surface area contributed by atoms with E-state index in [4.69, 9.17) is 9.47 Å². The minimum Gasteiger partial charge on any atom is -0.490 e. The molecule has 0 saturated heterocycles. The first-order valence-corrected chi connectivity index (χ1v) is 21.2. The van der Waals surface area contributed by atoms with Crippen LogP contribution in [-0.4, -0.2) is 45.9 Å². The lowest BCUT2D eigenvalue weighted by Crippen LogP contribution is -2.18. The van der Waals surface area contributed by atoms with Crippen LogP contribution in [0.1, 0.15) is 92.9 Å². The Balaban J connectivity index is 1.31. The molecule has 63 heavy (non-hydrogen) atoms. The standard InChI is InChI=1S/C49H50F6N4O4/c1-3-5-7-9-27-61-43-32-58-47(59-33-43)39-18-16-36(17-19-39)44(29-35-12-22-40(23-13-35)62-48(50,51)52)45(37-20-24-41(25-21-37)63-49(53,54)55)28-34-10-14-38(15-11-34)46-56-30-42(31-57-46)60-26-8-6-4-2/h10-25,30-33,44-45H,3-9,26-29H2,1-2H3. The van der Waals surface area contributed by atoms with Crippen molar-refractivity contribution in [3.63, 3.8) is 0 Å². The smallest absolute Gasteiger partial charge is 0.490 e. The predicted octanol–water partition coefficient (Wildman–Crippen LogP) is 13.3. The van der Waals surface area contributed by atoms with Gasteiger partial charge in [0.1, 0.15) is 11.5 Å². The van der Waals surface area contributed by atoms with Crippen molar-refractivity contribution in [2.24, 2.45) is 0 Å². The van der Waals surface area contributed by atoms with Crippen molar-refractivity contribution in [2.75, 3.05) is 13.2 Å². The Morgan fingerprint density at radius 1 is 0.429 bits per heavy atom. The Hall–Kier alpha value is -6.18. The number of ether oxygens (including phenoxy) is 4. The van der Waals surface area contributed by atoms with Crippen LogP contribution in [0.15, 0.2) is 122 Å². The second-order valence-corrected chi connectivity index (χ2v) is 15.2. The van der Waals surface area contributed by atoms with Crippen LogP contribution in [0.3, 0.4) is 0 Å². The molecule has 0 aliphatic heterocycles. The van der Waals surface area contributed by atoms with Gasteiger partial charge in [-0.25, -0.2) is 19.9 Å². The van der Waals surface area contributed by atoms with Gasteiger partial charge in [-0.1, -0.05) is 119 Å².